The first kappa shape index (κ1) is 22.5. The van der Waals surface area contributed by atoms with Gasteiger partial charge in [0, 0.05) is 39.3 Å². The zero-order valence-electron chi connectivity index (χ0n) is 18.7. The second-order valence-corrected chi connectivity index (χ2v) is 10.3. The molecule has 0 spiro atoms. The molecule has 2 aliphatic heterocycles. The lowest BCUT2D eigenvalue weighted by molar-refractivity contribution is 0.0793. The van der Waals surface area contributed by atoms with Gasteiger partial charge in [0.25, 0.3) is 15.9 Å². The predicted octanol–water partition coefficient (Wildman–Crippen LogP) is 2.65. The number of hydrogen-bond acceptors (Lipinski definition) is 6. The van der Waals surface area contributed by atoms with Crippen molar-refractivity contribution < 1.29 is 13.2 Å². The summed E-state index contributed by atoms with van der Waals surface area (Å²) in [5.74, 6) is 0.846. The van der Waals surface area contributed by atoms with Gasteiger partial charge in [0.15, 0.2) is 0 Å². The largest absolute Gasteiger partial charge is 0.353 e. The Bertz CT molecular complexity index is 1060. The number of nitrogens with zero attached hydrogens (tertiary/aromatic N) is 3. The second-order valence-electron chi connectivity index (χ2n) is 8.66. The molecule has 32 heavy (non-hydrogen) atoms. The summed E-state index contributed by atoms with van der Waals surface area (Å²) in [5.41, 5.74) is 1.81. The fourth-order valence-electron chi connectivity index (χ4n) is 4.14. The van der Waals surface area contributed by atoms with Crippen molar-refractivity contribution in [2.75, 3.05) is 48.9 Å². The highest BCUT2D eigenvalue weighted by Gasteiger charge is 2.27. The first-order valence-corrected chi connectivity index (χ1v) is 12.7. The van der Waals surface area contributed by atoms with Gasteiger partial charge in [-0.05, 0) is 42.5 Å². The molecular weight excluding hydrogens is 426 g/mol. The zero-order valence-corrected chi connectivity index (χ0v) is 19.5. The van der Waals surface area contributed by atoms with Gasteiger partial charge in [0.1, 0.15) is 5.82 Å². The van der Waals surface area contributed by atoms with Crippen molar-refractivity contribution >= 4 is 27.4 Å². The molecule has 0 saturated carbocycles. The Morgan fingerprint density at radius 3 is 2.34 bits per heavy atom. The summed E-state index contributed by atoms with van der Waals surface area (Å²) in [5, 5.41) is 3.30. The number of pyridine rings is 1. The number of rotatable bonds is 6. The number of benzene rings is 1. The van der Waals surface area contributed by atoms with E-state index in [-0.39, 0.29) is 10.8 Å². The second kappa shape index (κ2) is 9.46. The molecule has 0 bridgehead atoms. The van der Waals surface area contributed by atoms with Crippen LogP contribution in [0.5, 0.6) is 0 Å². The summed E-state index contributed by atoms with van der Waals surface area (Å²) >= 11 is 0. The number of piperazine rings is 1. The van der Waals surface area contributed by atoms with E-state index >= 15 is 0 Å². The van der Waals surface area contributed by atoms with Crippen molar-refractivity contribution in [1.82, 2.24) is 15.2 Å². The first-order chi connectivity index (χ1) is 15.3. The Balaban J connectivity index is 1.63. The monoisotopic (exact) mass is 457 g/mol. The predicted molar refractivity (Wildman–Crippen MR) is 126 cm³/mol. The average molecular weight is 458 g/mol. The van der Waals surface area contributed by atoms with E-state index in [0.717, 1.165) is 57.7 Å². The minimum absolute atomic E-state index is 0.0918. The van der Waals surface area contributed by atoms with Crippen LogP contribution >= 0.6 is 0 Å². The van der Waals surface area contributed by atoms with Crippen LogP contribution < -0.4 is 14.9 Å². The normalized spacial score (nSPS) is 17.1. The molecule has 2 N–H and O–H groups in total. The Kier molecular flexibility index (Phi) is 6.66. The van der Waals surface area contributed by atoms with Crippen LogP contribution in [0.4, 0.5) is 11.5 Å². The summed E-state index contributed by atoms with van der Waals surface area (Å²) in [4.78, 5) is 21.9. The molecule has 0 radical (unpaired) electrons. The van der Waals surface area contributed by atoms with E-state index in [9.17, 15) is 13.2 Å². The fraction of sp³-hybridized carbons (Fsp3) is 0.478. The van der Waals surface area contributed by atoms with Gasteiger partial charge in [-0.2, -0.15) is 0 Å². The van der Waals surface area contributed by atoms with Crippen LogP contribution in [-0.2, 0) is 10.0 Å². The molecule has 172 valence electrons. The number of nitrogens with one attached hydrogen (secondary N) is 2. The van der Waals surface area contributed by atoms with E-state index in [2.05, 4.69) is 33.8 Å². The molecule has 3 heterocycles. The Morgan fingerprint density at radius 1 is 1.06 bits per heavy atom. The van der Waals surface area contributed by atoms with Crippen molar-refractivity contribution in [3.8, 4) is 0 Å². The van der Waals surface area contributed by atoms with Gasteiger partial charge < -0.3 is 15.1 Å². The zero-order chi connectivity index (χ0) is 22.7. The number of aromatic nitrogens is 1. The molecule has 1 aromatic carbocycles. The molecule has 2 aromatic rings. The van der Waals surface area contributed by atoms with Crippen LogP contribution in [0, 0.1) is 0 Å². The highest BCUT2D eigenvalue weighted by Crippen LogP contribution is 2.27. The number of likely N-dealkylation sites (tertiary alicyclic amines) is 1. The summed E-state index contributed by atoms with van der Waals surface area (Å²) in [6.45, 7) is 8.70. The highest BCUT2D eigenvalue weighted by molar-refractivity contribution is 7.92. The quantitative estimate of drug-likeness (QED) is 0.693. The van der Waals surface area contributed by atoms with Crippen LogP contribution in [0.25, 0.3) is 0 Å². The molecule has 1 amide bonds. The molecule has 0 unspecified atom stereocenters. The Labute approximate surface area is 190 Å². The number of hydrogen-bond donors (Lipinski definition) is 2. The molecule has 8 nitrogen and oxygen atoms in total. The van der Waals surface area contributed by atoms with Gasteiger partial charge in [0.05, 0.1) is 22.3 Å². The maximum absolute atomic E-state index is 13.3. The molecule has 1 aromatic heterocycles. The van der Waals surface area contributed by atoms with Crippen LogP contribution in [0.15, 0.2) is 41.4 Å². The van der Waals surface area contributed by atoms with E-state index in [0.29, 0.717) is 23.0 Å². The van der Waals surface area contributed by atoms with Crippen molar-refractivity contribution in [3.63, 3.8) is 0 Å². The number of sulfonamides is 1. The van der Waals surface area contributed by atoms with Crippen LogP contribution in [-0.4, -0.2) is 63.5 Å². The van der Waals surface area contributed by atoms with Crippen LogP contribution in [0.1, 0.15) is 48.5 Å². The molecular formula is C23H31N5O3S. The van der Waals surface area contributed by atoms with Crippen molar-refractivity contribution in [2.45, 2.75) is 37.5 Å². The highest BCUT2D eigenvalue weighted by atomic mass is 32.2. The topological polar surface area (TPSA) is 94.6 Å². The van der Waals surface area contributed by atoms with Gasteiger partial charge in [-0.3, -0.25) is 9.52 Å². The summed E-state index contributed by atoms with van der Waals surface area (Å²) < 4.78 is 28.5. The standard InChI is InChI=1S/C23H31N5O3S/c1-17(2)18-5-7-20(8-6-18)32(30,31)26-19-15-21(23(29)28-11-3-4-12-28)22(25-16-19)27-13-9-24-10-14-27/h5-8,15-17,24,26H,3-4,9-14H2,1-2H3. The number of amides is 1. The molecule has 2 aliphatic rings. The van der Waals surface area contributed by atoms with Gasteiger partial charge in [-0.15, -0.1) is 0 Å². The molecule has 0 atom stereocenters. The first-order valence-electron chi connectivity index (χ1n) is 11.2. The number of anilines is 2. The molecule has 0 aliphatic carbocycles. The summed E-state index contributed by atoms with van der Waals surface area (Å²) in [7, 11) is -3.79. The number of carbonyl (C=O) groups excluding carboxylic acids is 1. The van der Waals surface area contributed by atoms with Crippen molar-refractivity contribution in [1.29, 1.82) is 0 Å². The molecule has 2 fully saturated rings. The lowest BCUT2D eigenvalue weighted by Gasteiger charge is -2.30. The third kappa shape index (κ3) is 4.88. The Hall–Kier alpha value is -2.65. The number of carbonyl (C=O) groups is 1. The fourth-order valence-corrected chi connectivity index (χ4v) is 5.17. The molecule has 9 heteroatoms. The van der Waals surface area contributed by atoms with E-state index in [1.54, 1.807) is 18.2 Å². The third-order valence-electron chi connectivity index (χ3n) is 6.02. The summed E-state index contributed by atoms with van der Waals surface area (Å²) in [6.07, 6.45) is 3.47. The van der Waals surface area contributed by atoms with E-state index in [1.165, 1.54) is 6.20 Å². The van der Waals surface area contributed by atoms with Crippen LogP contribution in [0.2, 0.25) is 0 Å². The van der Waals surface area contributed by atoms with Crippen molar-refractivity contribution in [2.24, 2.45) is 0 Å². The summed E-state index contributed by atoms with van der Waals surface area (Å²) in [6, 6.07) is 8.50. The van der Waals surface area contributed by atoms with Gasteiger partial charge in [0.2, 0.25) is 0 Å². The van der Waals surface area contributed by atoms with Gasteiger partial charge >= 0.3 is 0 Å². The van der Waals surface area contributed by atoms with Crippen LogP contribution in [0.3, 0.4) is 0 Å². The maximum atomic E-state index is 13.3. The molecule has 2 saturated heterocycles. The van der Waals surface area contributed by atoms with E-state index in [4.69, 9.17) is 0 Å². The lowest BCUT2D eigenvalue weighted by atomic mass is 10.0. The van der Waals surface area contributed by atoms with Gasteiger partial charge in [-0.1, -0.05) is 26.0 Å². The smallest absolute Gasteiger partial charge is 0.261 e. The molecule has 4 rings (SSSR count). The lowest BCUT2D eigenvalue weighted by Crippen LogP contribution is -2.45. The third-order valence-corrected chi connectivity index (χ3v) is 7.41. The minimum atomic E-state index is -3.79. The van der Waals surface area contributed by atoms with Gasteiger partial charge in [-0.25, -0.2) is 13.4 Å². The minimum Gasteiger partial charge on any atom is -0.353 e. The average Bonchev–Trinajstić information content (AvgIpc) is 3.34. The van der Waals surface area contributed by atoms with E-state index < -0.39 is 10.0 Å². The Morgan fingerprint density at radius 2 is 1.72 bits per heavy atom. The SMILES string of the molecule is CC(C)c1ccc(S(=O)(=O)Nc2cnc(N3CCNCC3)c(C(=O)N3CCCC3)c2)cc1. The maximum Gasteiger partial charge on any atom is 0.261 e. The van der Waals surface area contributed by atoms with E-state index in [1.807, 2.05) is 17.0 Å². The van der Waals surface area contributed by atoms with Crippen molar-refractivity contribution in [3.05, 3.63) is 47.7 Å².